The van der Waals surface area contributed by atoms with E-state index in [0.29, 0.717) is 25.2 Å². The van der Waals surface area contributed by atoms with Crippen LogP contribution in [0.3, 0.4) is 0 Å². The summed E-state index contributed by atoms with van der Waals surface area (Å²) in [6.45, 7) is 1.60. The molecule has 0 atom stereocenters. The SMILES string of the molecule is O=C(NCCCc1ccccc1)c1nnc(-c2ccc(S(=O)(=O)N3CCCC3)cc2)o1. The van der Waals surface area contributed by atoms with Gasteiger partial charge in [-0.2, -0.15) is 4.31 Å². The van der Waals surface area contributed by atoms with Crippen molar-refractivity contribution in [1.29, 1.82) is 0 Å². The molecule has 0 radical (unpaired) electrons. The molecule has 31 heavy (non-hydrogen) atoms. The number of carbonyl (C=O) groups excluding carboxylic acids is 1. The van der Waals surface area contributed by atoms with E-state index in [1.807, 2.05) is 30.3 Å². The zero-order valence-electron chi connectivity index (χ0n) is 17.0. The molecule has 0 saturated carbocycles. The number of carbonyl (C=O) groups is 1. The van der Waals surface area contributed by atoms with Crippen molar-refractivity contribution >= 4 is 15.9 Å². The summed E-state index contributed by atoms with van der Waals surface area (Å²) in [6.07, 6.45) is 3.43. The third kappa shape index (κ3) is 5.00. The predicted molar refractivity (Wildman–Crippen MR) is 115 cm³/mol. The van der Waals surface area contributed by atoms with Crippen LogP contribution in [0.1, 0.15) is 35.5 Å². The first-order chi connectivity index (χ1) is 15.0. The Kier molecular flexibility index (Phi) is 6.43. The molecular formula is C22H24N4O4S. The second-order valence-corrected chi connectivity index (χ2v) is 9.33. The summed E-state index contributed by atoms with van der Waals surface area (Å²) in [5.41, 5.74) is 1.77. The van der Waals surface area contributed by atoms with Crippen molar-refractivity contribution in [2.75, 3.05) is 19.6 Å². The Morgan fingerprint density at radius 1 is 1.00 bits per heavy atom. The molecule has 8 nitrogen and oxygen atoms in total. The second-order valence-electron chi connectivity index (χ2n) is 7.39. The summed E-state index contributed by atoms with van der Waals surface area (Å²) in [4.78, 5) is 12.5. The average Bonchev–Trinajstić information content (AvgIpc) is 3.50. The number of aryl methyl sites for hydroxylation is 1. The van der Waals surface area contributed by atoms with Gasteiger partial charge in [0.15, 0.2) is 0 Å². The van der Waals surface area contributed by atoms with Gasteiger partial charge in [-0.1, -0.05) is 30.3 Å². The minimum absolute atomic E-state index is 0.122. The molecule has 1 aromatic heterocycles. The van der Waals surface area contributed by atoms with Crippen LogP contribution in [0, 0.1) is 0 Å². The molecule has 0 bridgehead atoms. The average molecular weight is 441 g/mol. The fourth-order valence-electron chi connectivity index (χ4n) is 3.49. The van der Waals surface area contributed by atoms with Crippen LogP contribution in [0.15, 0.2) is 63.9 Å². The van der Waals surface area contributed by atoms with E-state index in [1.165, 1.54) is 22.0 Å². The van der Waals surface area contributed by atoms with Crippen molar-refractivity contribution in [1.82, 2.24) is 19.8 Å². The molecule has 1 N–H and O–H groups in total. The van der Waals surface area contributed by atoms with Crippen LogP contribution in [0.5, 0.6) is 0 Å². The molecule has 1 fully saturated rings. The quantitative estimate of drug-likeness (QED) is 0.540. The normalized spacial score (nSPS) is 14.6. The molecule has 2 aromatic carbocycles. The number of amides is 1. The molecule has 0 aliphatic carbocycles. The fraction of sp³-hybridized carbons (Fsp3) is 0.318. The summed E-state index contributed by atoms with van der Waals surface area (Å²) >= 11 is 0. The van der Waals surface area contributed by atoms with Crippen molar-refractivity contribution in [2.45, 2.75) is 30.6 Å². The van der Waals surface area contributed by atoms with E-state index in [2.05, 4.69) is 15.5 Å². The van der Waals surface area contributed by atoms with Crippen LogP contribution >= 0.6 is 0 Å². The number of rotatable bonds is 8. The number of sulfonamides is 1. The molecular weight excluding hydrogens is 416 g/mol. The lowest BCUT2D eigenvalue weighted by Gasteiger charge is -2.15. The van der Waals surface area contributed by atoms with E-state index >= 15 is 0 Å². The standard InChI is InChI=1S/C22H24N4O4S/c27-20(23-14-6-9-17-7-2-1-3-8-17)22-25-24-21(30-22)18-10-12-19(13-11-18)31(28,29)26-15-4-5-16-26/h1-3,7-8,10-13H,4-6,9,14-16H2,(H,23,27). The van der Waals surface area contributed by atoms with Gasteiger partial charge in [0.25, 0.3) is 0 Å². The Labute approximate surface area is 181 Å². The minimum atomic E-state index is -3.48. The van der Waals surface area contributed by atoms with Crippen LogP contribution in [-0.2, 0) is 16.4 Å². The number of benzene rings is 2. The third-order valence-electron chi connectivity index (χ3n) is 5.19. The van der Waals surface area contributed by atoms with Gasteiger partial charge >= 0.3 is 11.8 Å². The van der Waals surface area contributed by atoms with Crippen molar-refractivity contribution in [3.63, 3.8) is 0 Å². The summed E-state index contributed by atoms with van der Waals surface area (Å²) < 4.78 is 32.2. The van der Waals surface area contributed by atoms with Crippen LogP contribution in [0.2, 0.25) is 0 Å². The Balaban J connectivity index is 1.34. The number of hydrogen-bond acceptors (Lipinski definition) is 6. The van der Waals surface area contributed by atoms with Gasteiger partial charge in [-0.15, -0.1) is 10.2 Å². The Morgan fingerprint density at radius 2 is 1.71 bits per heavy atom. The molecule has 1 amide bonds. The monoisotopic (exact) mass is 440 g/mol. The highest BCUT2D eigenvalue weighted by molar-refractivity contribution is 7.89. The number of aromatic nitrogens is 2. The van der Waals surface area contributed by atoms with Gasteiger partial charge < -0.3 is 9.73 Å². The molecule has 9 heteroatoms. The first kappa shape index (κ1) is 21.2. The Morgan fingerprint density at radius 3 is 2.42 bits per heavy atom. The molecule has 1 saturated heterocycles. The zero-order valence-corrected chi connectivity index (χ0v) is 17.8. The van der Waals surface area contributed by atoms with Gasteiger partial charge in [0.05, 0.1) is 4.90 Å². The molecule has 4 rings (SSSR count). The van der Waals surface area contributed by atoms with Gasteiger partial charge in [-0.25, -0.2) is 8.42 Å². The van der Waals surface area contributed by atoms with Crippen molar-refractivity contribution in [3.8, 4) is 11.5 Å². The van der Waals surface area contributed by atoms with Gasteiger partial charge in [0.2, 0.25) is 15.9 Å². The molecule has 3 aromatic rings. The highest BCUT2D eigenvalue weighted by atomic mass is 32.2. The molecule has 1 aliphatic rings. The Hall–Kier alpha value is -3.04. The van der Waals surface area contributed by atoms with Gasteiger partial charge in [-0.05, 0) is 55.5 Å². The Bertz CT molecular complexity index is 1120. The van der Waals surface area contributed by atoms with E-state index in [4.69, 9.17) is 4.42 Å². The molecule has 162 valence electrons. The molecule has 0 spiro atoms. The van der Waals surface area contributed by atoms with Crippen LogP contribution in [-0.4, -0.2) is 48.5 Å². The topological polar surface area (TPSA) is 105 Å². The van der Waals surface area contributed by atoms with Crippen molar-refractivity contribution in [3.05, 3.63) is 66.1 Å². The largest absolute Gasteiger partial charge is 0.412 e. The molecule has 0 unspecified atom stereocenters. The number of nitrogens with zero attached hydrogens (tertiary/aromatic N) is 3. The van der Waals surface area contributed by atoms with E-state index in [9.17, 15) is 13.2 Å². The first-order valence-corrected chi connectivity index (χ1v) is 11.7. The van der Waals surface area contributed by atoms with E-state index in [-0.39, 0.29) is 16.7 Å². The second kappa shape index (κ2) is 9.40. The lowest BCUT2D eigenvalue weighted by molar-refractivity contribution is 0.0919. The third-order valence-corrected chi connectivity index (χ3v) is 7.11. The number of nitrogens with one attached hydrogen (secondary N) is 1. The van der Waals surface area contributed by atoms with Crippen LogP contribution in [0.25, 0.3) is 11.5 Å². The van der Waals surface area contributed by atoms with Gasteiger partial charge in [-0.3, -0.25) is 4.79 Å². The lowest BCUT2D eigenvalue weighted by Crippen LogP contribution is -2.27. The van der Waals surface area contributed by atoms with E-state index in [0.717, 1.165) is 25.7 Å². The highest BCUT2D eigenvalue weighted by Gasteiger charge is 2.27. The maximum Gasteiger partial charge on any atom is 0.308 e. The van der Waals surface area contributed by atoms with E-state index < -0.39 is 15.9 Å². The maximum atomic E-state index is 12.6. The number of hydrogen-bond donors (Lipinski definition) is 1. The van der Waals surface area contributed by atoms with Crippen molar-refractivity contribution < 1.29 is 17.6 Å². The summed E-state index contributed by atoms with van der Waals surface area (Å²) in [5, 5.41) is 10.5. The van der Waals surface area contributed by atoms with Gasteiger partial charge in [0.1, 0.15) is 0 Å². The van der Waals surface area contributed by atoms with Crippen LogP contribution in [0.4, 0.5) is 0 Å². The summed E-state index contributed by atoms with van der Waals surface area (Å²) in [7, 11) is -3.48. The first-order valence-electron chi connectivity index (χ1n) is 10.3. The summed E-state index contributed by atoms with van der Waals surface area (Å²) in [6, 6.07) is 16.3. The zero-order chi connectivity index (χ0) is 21.7. The smallest absolute Gasteiger partial charge is 0.308 e. The summed E-state index contributed by atoms with van der Waals surface area (Å²) in [5.74, 6) is -0.386. The maximum absolute atomic E-state index is 12.6. The lowest BCUT2D eigenvalue weighted by atomic mass is 10.1. The molecule has 1 aliphatic heterocycles. The predicted octanol–water partition coefficient (Wildman–Crippen LogP) is 2.88. The van der Waals surface area contributed by atoms with Crippen molar-refractivity contribution in [2.24, 2.45) is 0 Å². The highest BCUT2D eigenvalue weighted by Crippen LogP contribution is 2.24. The minimum Gasteiger partial charge on any atom is -0.412 e. The fourth-order valence-corrected chi connectivity index (χ4v) is 5.01. The van der Waals surface area contributed by atoms with Crippen LogP contribution < -0.4 is 5.32 Å². The van der Waals surface area contributed by atoms with Gasteiger partial charge in [0, 0.05) is 25.2 Å². The van der Waals surface area contributed by atoms with E-state index in [1.54, 1.807) is 12.1 Å². The molecule has 2 heterocycles.